The average molecular weight is 282 g/mol. The maximum atomic E-state index is 5.65. The van der Waals surface area contributed by atoms with Gasteiger partial charge in [0.05, 0.1) is 12.7 Å². The van der Waals surface area contributed by atoms with Crippen molar-refractivity contribution in [2.75, 3.05) is 32.0 Å². The van der Waals surface area contributed by atoms with Crippen molar-refractivity contribution in [3.8, 4) is 0 Å². The molecule has 1 aromatic rings. The van der Waals surface area contributed by atoms with E-state index in [1.807, 2.05) is 12.4 Å². The first kappa shape index (κ1) is 14.7. The van der Waals surface area contributed by atoms with Crippen LogP contribution in [-0.2, 0) is 11.3 Å². The van der Waals surface area contributed by atoms with Crippen LogP contribution in [0.15, 0.2) is 17.6 Å². The van der Waals surface area contributed by atoms with Crippen LogP contribution in [0.4, 0.5) is 0 Å². The molecule has 19 heavy (non-hydrogen) atoms. The number of hydrogen-bond donors (Lipinski definition) is 1. The maximum absolute atomic E-state index is 5.65. The van der Waals surface area contributed by atoms with Crippen LogP contribution in [0.2, 0.25) is 0 Å². The molecule has 0 radical (unpaired) electrons. The summed E-state index contributed by atoms with van der Waals surface area (Å²) in [4.78, 5) is 11.1. The van der Waals surface area contributed by atoms with Crippen LogP contribution in [-0.4, -0.2) is 53.0 Å². The minimum atomic E-state index is 0.161. The fourth-order valence-electron chi connectivity index (χ4n) is 2.02. The van der Waals surface area contributed by atoms with Crippen molar-refractivity contribution in [2.45, 2.75) is 31.1 Å². The van der Waals surface area contributed by atoms with Gasteiger partial charge >= 0.3 is 0 Å². The molecular weight excluding hydrogens is 260 g/mol. The van der Waals surface area contributed by atoms with E-state index in [0.29, 0.717) is 6.54 Å². The Bertz CT molecular complexity index is 373. The molecule has 0 amide bonds. The van der Waals surface area contributed by atoms with Gasteiger partial charge in [-0.2, -0.15) is 0 Å². The SMILES string of the molecule is CCCSc1ncc(CN2CCOC(CN)C2)cn1. The largest absolute Gasteiger partial charge is 0.374 e. The Balaban J connectivity index is 1.85. The summed E-state index contributed by atoms with van der Waals surface area (Å²) in [7, 11) is 0. The second-order valence-corrected chi connectivity index (χ2v) is 5.75. The molecule has 0 saturated carbocycles. The van der Waals surface area contributed by atoms with Gasteiger partial charge in [-0.1, -0.05) is 18.7 Å². The van der Waals surface area contributed by atoms with E-state index in [4.69, 9.17) is 10.5 Å². The molecule has 1 unspecified atom stereocenters. The Morgan fingerprint density at radius 3 is 2.95 bits per heavy atom. The summed E-state index contributed by atoms with van der Waals surface area (Å²) in [6, 6.07) is 0. The lowest BCUT2D eigenvalue weighted by Gasteiger charge is -2.32. The number of morpholine rings is 1. The van der Waals surface area contributed by atoms with Crippen LogP contribution in [0, 0.1) is 0 Å². The third-order valence-corrected chi connectivity index (χ3v) is 4.09. The Morgan fingerprint density at radius 1 is 1.47 bits per heavy atom. The first-order valence-corrected chi connectivity index (χ1v) is 7.78. The predicted octanol–water partition coefficient (Wildman–Crippen LogP) is 1.14. The minimum Gasteiger partial charge on any atom is -0.374 e. The number of aromatic nitrogens is 2. The lowest BCUT2D eigenvalue weighted by molar-refractivity contribution is -0.0261. The molecule has 2 N–H and O–H groups in total. The van der Waals surface area contributed by atoms with Crippen molar-refractivity contribution >= 4 is 11.8 Å². The van der Waals surface area contributed by atoms with Crippen molar-refractivity contribution in [1.82, 2.24) is 14.9 Å². The molecule has 5 nitrogen and oxygen atoms in total. The third-order valence-electron chi connectivity index (χ3n) is 3.01. The smallest absolute Gasteiger partial charge is 0.187 e. The Morgan fingerprint density at radius 2 is 2.26 bits per heavy atom. The molecule has 1 aliphatic rings. The lowest BCUT2D eigenvalue weighted by atomic mass is 10.2. The Hall–Kier alpha value is -0.690. The molecule has 6 heteroatoms. The molecule has 1 aromatic heterocycles. The van der Waals surface area contributed by atoms with Gasteiger partial charge in [0, 0.05) is 49.9 Å². The van der Waals surface area contributed by atoms with Gasteiger partial charge in [0.25, 0.3) is 0 Å². The Kier molecular flexibility index (Phi) is 6.03. The van der Waals surface area contributed by atoms with Crippen molar-refractivity contribution in [3.63, 3.8) is 0 Å². The highest BCUT2D eigenvalue weighted by molar-refractivity contribution is 7.99. The third kappa shape index (κ3) is 4.72. The van der Waals surface area contributed by atoms with Gasteiger partial charge in [0.15, 0.2) is 5.16 Å². The monoisotopic (exact) mass is 282 g/mol. The van der Waals surface area contributed by atoms with E-state index >= 15 is 0 Å². The van der Waals surface area contributed by atoms with E-state index in [2.05, 4.69) is 21.8 Å². The van der Waals surface area contributed by atoms with E-state index in [-0.39, 0.29) is 6.10 Å². The van der Waals surface area contributed by atoms with E-state index in [9.17, 15) is 0 Å². The average Bonchev–Trinajstić information content (AvgIpc) is 2.47. The molecule has 0 spiro atoms. The second kappa shape index (κ2) is 7.79. The first-order valence-electron chi connectivity index (χ1n) is 6.79. The Labute approximate surface area is 118 Å². The summed E-state index contributed by atoms with van der Waals surface area (Å²) in [5, 5.41) is 0.868. The van der Waals surface area contributed by atoms with E-state index in [1.54, 1.807) is 11.8 Å². The maximum Gasteiger partial charge on any atom is 0.187 e. The molecule has 2 rings (SSSR count). The van der Waals surface area contributed by atoms with Crippen molar-refractivity contribution < 1.29 is 4.74 Å². The number of nitrogens with zero attached hydrogens (tertiary/aromatic N) is 3. The van der Waals surface area contributed by atoms with Gasteiger partial charge in [-0.05, 0) is 6.42 Å². The van der Waals surface area contributed by atoms with Gasteiger partial charge < -0.3 is 10.5 Å². The summed E-state index contributed by atoms with van der Waals surface area (Å²) in [6.07, 6.45) is 5.16. The molecule has 1 saturated heterocycles. The molecular formula is C13H22N4OS. The summed E-state index contributed by atoms with van der Waals surface area (Å²) < 4.78 is 5.56. The van der Waals surface area contributed by atoms with E-state index in [0.717, 1.165) is 49.1 Å². The van der Waals surface area contributed by atoms with Crippen LogP contribution in [0.25, 0.3) is 0 Å². The zero-order valence-electron chi connectivity index (χ0n) is 11.4. The summed E-state index contributed by atoms with van der Waals surface area (Å²) in [5.41, 5.74) is 6.80. The van der Waals surface area contributed by atoms with Crippen LogP contribution in [0.5, 0.6) is 0 Å². The predicted molar refractivity (Wildman–Crippen MR) is 77.1 cm³/mol. The number of hydrogen-bond acceptors (Lipinski definition) is 6. The fourth-order valence-corrected chi connectivity index (χ4v) is 2.66. The standard InChI is InChI=1S/C13H22N4OS/c1-2-5-19-13-15-7-11(8-16-13)9-17-3-4-18-12(6-14)10-17/h7-8,12H,2-6,9-10,14H2,1H3. The highest BCUT2D eigenvalue weighted by Crippen LogP contribution is 2.14. The normalized spacial score (nSPS) is 20.6. The van der Waals surface area contributed by atoms with Gasteiger partial charge in [0.2, 0.25) is 0 Å². The molecule has 1 fully saturated rings. The molecule has 1 atom stereocenters. The topological polar surface area (TPSA) is 64.3 Å². The summed E-state index contributed by atoms with van der Waals surface area (Å²) in [6.45, 7) is 6.21. The molecule has 1 aliphatic heterocycles. The summed E-state index contributed by atoms with van der Waals surface area (Å²) >= 11 is 1.71. The lowest BCUT2D eigenvalue weighted by Crippen LogP contribution is -2.45. The minimum absolute atomic E-state index is 0.161. The van der Waals surface area contributed by atoms with Gasteiger partial charge in [-0.25, -0.2) is 9.97 Å². The highest BCUT2D eigenvalue weighted by Gasteiger charge is 2.19. The molecule has 0 bridgehead atoms. The van der Waals surface area contributed by atoms with Crippen molar-refractivity contribution in [1.29, 1.82) is 0 Å². The van der Waals surface area contributed by atoms with Crippen LogP contribution in [0.3, 0.4) is 0 Å². The van der Waals surface area contributed by atoms with Crippen LogP contribution < -0.4 is 5.73 Å². The number of nitrogens with two attached hydrogens (primary N) is 1. The summed E-state index contributed by atoms with van der Waals surface area (Å²) in [5.74, 6) is 1.07. The van der Waals surface area contributed by atoms with Crippen molar-refractivity contribution in [3.05, 3.63) is 18.0 Å². The van der Waals surface area contributed by atoms with Gasteiger partial charge in [0.1, 0.15) is 0 Å². The highest BCUT2D eigenvalue weighted by atomic mass is 32.2. The van der Waals surface area contributed by atoms with Gasteiger partial charge in [-0.3, -0.25) is 4.90 Å². The number of thioether (sulfide) groups is 1. The molecule has 2 heterocycles. The van der Waals surface area contributed by atoms with Gasteiger partial charge in [-0.15, -0.1) is 0 Å². The van der Waals surface area contributed by atoms with Crippen LogP contribution >= 0.6 is 11.8 Å². The number of ether oxygens (including phenoxy) is 1. The quantitative estimate of drug-likeness (QED) is 0.623. The zero-order chi connectivity index (χ0) is 13.5. The van der Waals surface area contributed by atoms with Crippen LogP contribution in [0.1, 0.15) is 18.9 Å². The molecule has 106 valence electrons. The van der Waals surface area contributed by atoms with Crippen molar-refractivity contribution in [2.24, 2.45) is 5.73 Å². The first-order chi connectivity index (χ1) is 9.31. The molecule has 0 aromatic carbocycles. The van der Waals surface area contributed by atoms with E-state index < -0.39 is 0 Å². The fraction of sp³-hybridized carbons (Fsp3) is 0.692. The second-order valence-electron chi connectivity index (χ2n) is 4.69. The zero-order valence-corrected chi connectivity index (χ0v) is 12.2. The number of rotatable bonds is 6. The molecule has 0 aliphatic carbocycles. The van der Waals surface area contributed by atoms with E-state index in [1.165, 1.54) is 0 Å².